The first-order chi connectivity index (χ1) is 29.9. The van der Waals surface area contributed by atoms with Gasteiger partial charge in [-0.25, -0.2) is 4.79 Å². The van der Waals surface area contributed by atoms with E-state index in [-0.39, 0.29) is 49.5 Å². The molecule has 3 heterocycles. The van der Waals surface area contributed by atoms with E-state index in [9.17, 15) is 34.5 Å². The van der Waals surface area contributed by atoms with Crippen molar-refractivity contribution in [3.8, 4) is 0 Å². The number of cyclic esters (lactones) is 1. The second-order valence-corrected chi connectivity index (χ2v) is 19.1. The van der Waals surface area contributed by atoms with Gasteiger partial charge in [0.15, 0.2) is 0 Å². The Morgan fingerprint density at radius 3 is 2.32 bits per heavy atom. The van der Waals surface area contributed by atoms with Gasteiger partial charge in [-0.15, -0.1) is 0 Å². The van der Waals surface area contributed by atoms with Gasteiger partial charge < -0.3 is 49.6 Å². The fourth-order valence-corrected chi connectivity index (χ4v) is 9.79. The number of aliphatic hydroxyl groups excluding tert-OH is 2. The minimum Gasteiger partial charge on any atom is -0.456 e. The standard InChI is InChI=1S/C47H72BrN3O12/c1-27-18-28(2)20-40(60-7)43-41(61-8)22-30(4)47(58,63-43)44(55)45(56)51-17-10-9-13-35(51)46(57)62-42(29(3)21-32-14-15-36(52)39(23-32)59-6)31(5)37(53)24-38(54)33(19-27)12-11-16-50-26-34(48)25-49/h11,16,19,21,25-26,28,30-33,35-37,39-43,52-53,58H,9-10,12-15,17-18,20,22-24,49H2,1-8H3/b16-11+,27-19+,29-21+,34-25?,50-26?/t28-,30+,31+,32-,33+,35-,36+,37-,39+,40-,41-,42+,43+,47+/m0/s1. The van der Waals surface area contributed by atoms with Crippen molar-refractivity contribution in [2.75, 3.05) is 27.9 Å². The highest BCUT2D eigenvalue weighted by Crippen LogP contribution is 2.39. The van der Waals surface area contributed by atoms with Crippen LogP contribution in [0.15, 0.2) is 51.2 Å². The monoisotopic (exact) mass is 949 g/mol. The Morgan fingerprint density at radius 1 is 0.968 bits per heavy atom. The maximum atomic E-state index is 14.4. The predicted molar refractivity (Wildman–Crippen MR) is 241 cm³/mol. The Labute approximate surface area is 381 Å². The molecule has 2 bridgehead atoms. The first-order valence-corrected chi connectivity index (χ1v) is 23.2. The van der Waals surface area contributed by atoms with Gasteiger partial charge in [0.2, 0.25) is 5.79 Å². The summed E-state index contributed by atoms with van der Waals surface area (Å²) in [4.78, 5) is 62.7. The molecule has 0 aromatic rings. The van der Waals surface area contributed by atoms with Crippen molar-refractivity contribution in [3.63, 3.8) is 0 Å². The van der Waals surface area contributed by atoms with Crippen molar-refractivity contribution < 1.29 is 58.2 Å². The highest BCUT2D eigenvalue weighted by atomic mass is 79.9. The van der Waals surface area contributed by atoms with Crippen LogP contribution in [-0.4, -0.2) is 132 Å². The fourth-order valence-electron chi connectivity index (χ4n) is 9.67. The summed E-state index contributed by atoms with van der Waals surface area (Å²) in [5.41, 5.74) is 7.08. The number of carbonyl (C=O) groups is 4. The lowest BCUT2D eigenvalue weighted by atomic mass is 9.81. The predicted octanol–water partition coefficient (Wildman–Crippen LogP) is 5.23. The lowest BCUT2D eigenvalue weighted by Crippen LogP contribution is -2.64. The Balaban J connectivity index is 1.80. The summed E-state index contributed by atoms with van der Waals surface area (Å²) in [6.45, 7) is 9.19. The number of piperidine rings is 1. The van der Waals surface area contributed by atoms with Crippen LogP contribution in [0, 0.1) is 29.6 Å². The molecule has 1 amide bonds. The summed E-state index contributed by atoms with van der Waals surface area (Å²) in [6.07, 6.45) is 8.93. The number of aliphatic hydroxyl groups is 3. The molecular weight excluding hydrogens is 878 g/mol. The van der Waals surface area contributed by atoms with Crippen molar-refractivity contribution in [2.45, 2.75) is 160 Å². The Morgan fingerprint density at radius 2 is 1.65 bits per heavy atom. The minimum absolute atomic E-state index is 0.0347. The molecule has 5 N–H and O–H groups in total. The number of Topliss-reactive ketones (excluding diaryl/α,β-unsaturated/α-hetero) is 2. The average molecular weight is 951 g/mol. The number of hydrogen-bond donors (Lipinski definition) is 4. The number of nitrogens with zero attached hydrogens (tertiary/aromatic N) is 2. The quantitative estimate of drug-likeness (QED) is 0.101. The van der Waals surface area contributed by atoms with E-state index in [1.165, 1.54) is 31.5 Å². The summed E-state index contributed by atoms with van der Waals surface area (Å²) in [7, 11) is 4.59. The lowest BCUT2D eigenvalue weighted by Gasteiger charge is -2.47. The van der Waals surface area contributed by atoms with Gasteiger partial charge >= 0.3 is 5.97 Å². The molecule has 4 aliphatic rings. The number of rotatable bonds is 9. The zero-order valence-electron chi connectivity index (χ0n) is 38.3. The van der Waals surface area contributed by atoms with E-state index in [1.807, 2.05) is 26.0 Å². The van der Waals surface area contributed by atoms with Crippen molar-refractivity contribution in [2.24, 2.45) is 40.3 Å². The summed E-state index contributed by atoms with van der Waals surface area (Å²) in [6, 6.07) is -1.17. The topological polar surface area (TPSA) is 217 Å². The van der Waals surface area contributed by atoms with E-state index in [1.54, 1.807) is 40.2 Å². The molecule has 3 aliphatic heterocycles. The second kappa shape index (κ2) is 24.4. The Kier molecular flexibility index (Phi) is 20.4. The van der Waals surface area contributed by atoms with Crippen molar-refractivity contribution in [1.82, 2.24) is 4.90 Å². The van der Waals surface area contributed by atoms with Gasteiger partial charge in [-0.05, 0) is 111 Å². The third-order valence-corrected chi connectivity index (χ3v) is 13.9. The lowest BCUT2D eigenvalue weighted by molar-refractivity contribution is -0.302. The SMILES string of the molecule is CO[C@H]1C[C@@H](C)C/C(C)=C/[C@@H](C/C=C/N=CC(Br)=CN)C(=O)C[C@H](O)[C@@H](C)[C@@H](/C(C)=C/[C@@H]2CC[C@@H](O)[C@H](OC)C2)OC(=O)[C@@H]2CCCCN2C(=O)C(=O)[C@]2(O)O[C@H]1[C@@H](OC)C[C@H]2C. The molecule has 14 atom stereocenters. The van der Waals surface area contributed by atoms with Crippen LogP contribution in [0.4, 0.5) is 0 Å². The number of fused-ring (bicyclic) bond motifs is 3. The first kappa shape index (κ1) is 52.5. The number of nitrogens with two attached hydrogens (primary N) is 1. The van der Waals surface area contributed by atoms with Crippen molar-refractivity contribution in [1.29, 1.82) is 0 Å². The number of allylic oxidation sites excluding steroid dienone is 5. The van der Waals surface area contributed by atoms with Gasteiger partial charge in [0, 0.05) is 70.7 Å². The zero-order chi connectivity index (χ0) is 46.6. The first-order valence-electron chi connectivity index (χ1n) is 22.4. The molecule has 0 aromatic carbocycles. The van der Waals surface area contributed by atoms with E-state index in [0.29, 0.717) is 61.4 Å². The van der Waals surface area contributed by atoms with Gasteiger partial charge in [-0.2, -0.15) is 0 Å². The number of ketones is 2. The number of hydrogen-bond acceptors (Lipinski definition) is 14. The van der Waals surface area contributed by atoms with E-state index in [4.69, 9.17) is 29.4 Å². The molecule has 0 aromatic heterocycles. The normalized spacial score (nSPS) is 38.8. The number of carbonyl (C=O) groups excluding carboxylic acids is 4. The van der Waals surface area contributed by atoms with Gasteiger partial charge in [-0.1, -0.05) is 44.6 Å². The largest absolute Gasteiger partial charge is 0.456 e. The molecule has 1 saturated carbocycles. The summed E-state index contributed by atoms with van der Waals surface area (Å²) >= 11 is 3.29. The van der Waals surface area contributed by atoms with Gasteiger partial charge in [0.05, 0.1) is 35.0 Å². The molecule has 16 heteroatoms. The number of esters is 1. The highest BCUT2D eigenvalue weighted by Gasteiger charge is 2.56. The minimum atomic E-state index is -2.53. The number of halogens is 1. The summed E-state index contributed by atoms with van der Waals surface area (Å²) in [5, 5.41) is 34.5. The van der Waals surface area contributed by atoms with E-state index in [2.05, 4.69) is 20.9 Å². The van der Waals surface area contributed by atoms with E-state index in [0.717, 1.165) is 5.57 Å². The van der Waals surface area contributed by atoms with Crippen molar-refractivity contribution >= 4 is 45.6 Å². The van der Waals surface area contributed by atoms with Crippen molar-refractivity contribution in [3.05, 3.63) is 46.3 Å². The van der Waals surface area contributed by atoms with Crippen LogP contribution >= 0.6 is 15.9 Å². The maximum absolute atomic E-state index is 14.4. The average Bonchev–Trinajstić information content (AvgIpc) is 3.26. The number of ether oxygens (including phenoxy) is 5. The third kappa shape index (κ3) is 13.7. The molecule has 1 aliphatic carbocycles. The van der Waals surface area contributed by atoms with Gasteiger partial charge in [-0.3, -0.25) is 19.4 Å². The molecule has 354 valence electrons. The zero-order valence-corrected chi connectivity index (χ0v) is 39.9. The summed E-state index contributed by atoms with van der Waals surface area (Å²) in [5.74, 6) is -8.10. The maximum Gasteiger partial charge on any atom is 0.329 e. The van der Waals surface area contributed by atoms with E-state index < -0.39 is 83.9 Å². The number of aliphatic imine (C=N–C) groups is 1. The Hall–Kier alpha value is -3.09. The molecular formula is C47H72BrN3O12. The Bertz CT molecular complexity index is 1730. The van der Waals surface area contributed by atoms with Crippen LogP contribution in [0.3, 0.4) is 0 Å². The van der Waals surface area contributed by atoms with Crippen LogP contribution in [0.25, 0.3) is 0 Å². The van der Waals surface area contributed by atoms with Crippen LogP contribution in [0.2, 0.25) is 0 Å². The van der Waals surface area contributed by atoms with Crippen LogP contribution in [-0.2, 0) is 42.9 Å². The molecule has 0 radical (unpaired) electrons. The second-order valence-electron chi connectivity index (χ2n) is 18.2. The molecule has 63 heavy (non-hydrogen) atoms. The fraction of sp³-hybridized carbons (Fsp3) is 0.723. The van der Waals surface area contributed by atoms with Crippen LogP contribution < -0.4 is 5.73 Å². The highest BCUT2D eigenvalue weighted by molar-refractivity contribution is 9.12. The third-order valence-electron chi connectivity index (χ3n) is 13.4. The molecule has 2 saturated heterocycles. The summed E-state index contributed by atoms with van der Waals surface area (Å²) < 4.78 is 30.5. The molecule has 15 nitrogen and oxygen atoms in total. The molecule has 3 fully saturated rings. The molecule has 4 rings (SSSR count). The van der Waals surface area contributed by atoms with Gasteiger partial charge in [0.1, 0.15) is 24.0 Å². The smallest absolute Gasteiger partial charge is 0.329 e. The van der Waals surface area contributed by atoms with Crippen LogP contribution in [0.5, 0.6) is 0 Å². The number of methoxy groups -OCH3 is 3. The number of amides is 1. The molecule has 0 unspecified atom stereocenters. The molecule has 0 spiro atoms. The van der Waals surface area contributed by atoms with Crippen LogP contribution in [0.1, 0.15) is 105 Å². The van der Waals surface area contributed by atoms with E-state index >= 15 is 0 Å². The van der Waals surface area contributed by atoms with Gasteiger partial charge in [0.25, 0.3) is 11.7 Å².